The Labute approximate surface area is 183 Å². The number of hydrogen-bond acceptors (Lipinski definition) is 7. The second kappa shape index (κ2) is 9.05. The summed E-state index contributed by atoms with van der Waals surface area (Å²) in [5.74, 6) is 1.14. The molecule has 0 spiro atoms. The highest BCUT2D eigenvalue weighted by atomic mass is 32.1. The summed E-state index contributed by atoms with van der Waals surface area (Å²) < 4.78 is 12.7. The largest absolute Gasteiger partial charge is 0.507 e. The molecule has 1 aliphatic rings. The number of nitrogens with one attached hydrogen (secondary N) is 1. The van der Waals surface area contributed by atoms with Crippen LogP contribution in [0.15, 0.2) is 51.9 Å². The van der Waals surface area contributed by atoms with Crippen LogP contribution < -0.4 is 19.6 Å². The lowest BCUT2D eigenvalue weighted by Crippen LogP contribution is -2.25. The van der Waals surface area contributed by atoms with Gasteiger partial charge in [-0.1, -0.05) is 6.92 Å². The maximum atomic E-state index is 11.7. The molecule has 160 valence electrons. The Morgan fingerprint density at radius 2 is 2.19 bits per heavy atom. The number of amides is 1. The van der Waals surface area contributed by atoms with Crippen LogP contribution in [0.5, 0.6) is 17.2 Å². The molecule has 2 aromatic carbocycles. The van der Waals surface area contributed by atoms with Crippen molar-refractivity contribution in [1.82, 2.24) is 4.68 Å². The Morgan fingerprint density at radius 3 is 2.97 bits per heavy atom. The summed E-state index contributed by atoms with van der Waals surface area (Å²) in [5, 5.41) is 19.6. The van der Waals surface area contributed by atoms with Crippen molar-refractivity contribution in [3.8, 4) is 28.5 Å². The molecule has 9 heteroatoms. The first-order valence-corrected chi connectivity index (χ1v) is 10.7. The molecule has 0 saturated heterocycles. The zero-order chi connectivity index (χ0) is 21.8. The number of rotatable bonds is 6. The lowest BCUT2D eigenvalue weighted by Gasteiger charge is -2.18. The normalized spacial score (nSPS) is 13.7. The number of carbonyl (C=O) groups excluding carboxylic acids is 1. The van der Waals surface area contributed by atoms with Gasteiger partial charge in [0.05, 0.1) is 24.2 Å². The summed E-state index contributed by atoms with van der Waals surface area (Å²) in [6.07, 6.45) is 2.47. The van der Waals surface area contributed by atoms with Crippen LogP contribution in [0.1, 0.15) is 18.9 Å². The number of thiazole rings is 1. The summed E-state index contributed by atoms with van der Waals surface area (Å²) >= 11 is 1.44. The fourth-order valence-corrected chi connectivity index (χ4v) is 3.87. The summed E-state index contributed by atoms with van der Waals surface area (Å²) in [6.45, 7) is 2.63. The van der Waals surface area contributed by atoms with Crippen molar-refractivity contribution in [1.29, 1.82) is 0 Å². The van der Waals surface area contributed by atoms with Gasteiger partial charge in [-0.25, -0.2) is 4.68 Å². The van der Waals surface area contributed by atoms with E-state index >= 15 is 0 Å². The van der Waals surface area contributed by atoms with Crippen molar-refractivity contribution in [3.05, 3.63) is 52.1 Å². The molecule has 0 radical (unpaired) electrons. The van der Waals surface area contributed by atoms with Crippen molar-refractivity contribution in [2.24, 2.45) is 10.1 Å². The van der Waals surface area contributed by atoms with E-state index in [0.29, 0.717) is 34.2 Å². The number of benzene rings is 2. The molecule has 0 unspecified atom stereocenters. The SMILES string of the molecule is CCCOc1ccc(C=Nn2c(-c3ccc4c(c3)NC(=O)CO4)csc2=NC)c(O)c1. The quantitative estimate of drug-likeness (QED) is 0.576. The molecule has 2 N–H and O–H groups in total. The average Bonchev–Trinajstić information content (AvgIpc) is 3.19. The Balaban J connectivity index is 1.67. The first kappa shape index (κ1) is 20.7. The van der Waals surface area contributed by atoms with E-state index in [-0.39, 0.29) is 18.3 Å². The van der Waals surface area contributed by atoms with E-state index in [0.717, 1.165) is 17.7 Å². The second-order valence-corrected chi connectivity index (χ2v) is 7.64. The van der Waals surface area contributed by atoms with E-state index in [2.05, 4.69) is 15.4 Å². The fourth-order valence-electron chi connectivity index (χ4n) is 3.07. The highest BCUT2D eigenvalue weighted by molar-refractivity contribution is 7.07. The number of phenolic OH excluding ortho intramolecular Hbond substituents is 1. The minimum absolute atomic E-state index is 0.0136. The molecule has 4 rings (SSSR count). The van der Waals surface area contributed by atoms with Crippen LogP contribution in [0.3, 0.4) is 0 Å². The van der Waals surface area contributed by atoms with Crippen LogP contribution >= 0.6 is 11.3 Å². The number of hydrogen-bond donors (Lipinski definition) is 2. The standard InChI is InChI=1S/C22H22N4O4S/c1-3-8-29-16-6-4-15(19(27)10-16)11-24-26-18(13-31-22(26)23-2)14-5-7-20-17(9-14)25-21(28)12-30-20/h4-7,9-11,13,27H,3,8,12H2,1-2H3,(H,25,28). The van der Waals surface area contributed by atoms with Crippen molar-refractivity contribution >= 4 is 29.1 Å². The van der Waals surface area contributed by atoms with Crippen LogP contribution in [0, 0.1) is 0 Å². The molecule has 3 aromatic rings. The highest BCUT2D eigenvalue weighted by Gasteiger charge is 2.17. The summed E-state index contributed by atoms with van der Waals surface area (Å²) in [7, 11) is 1.69. The van der Waals surface area contributed by atoms with Gasteiger partial charge in [-0.05, 0) is 36.8 Å². The third-order valence-electron chi connectivity index (χ3n) is 4.57. The summed E-state index contributed by atoms with van der Waals surface area (Å²) in [6, 6.07) is 10.7. The van der Waals surface area contributed by atoms with Gasteiger partial charge < -0.3 is 19.9 Å². The molecule has 2 heterocycles. The molecule has 0 aliphatic carbocycles. The third kappa shape index (κ3) is 4.46. The number of fused-ring (bicyclic) bond motifs is 1. The van der Waals surface area contributed by atoms with Crippen molar-refractivity contribution < 1.29 is 19.4 Å². The van der Waals surface area contributed by atoms with Crippen LogP contribution in [-0.4, -0.2) is 42.2 Å². The van der Waals surface area contributed by atoms with Gasteiger partial charge in [-0.15, -0.1) is 11.3 Å². The first-order chi connectivity index (χ1) is 15.1. The lowest BCUT2D eigenvalue weighted by molar-refractivity contribution is -0.118. The zero-order valence-corrected chi connectivity index (χ0v) is 18.0. The van der Waals surface area contributed by atoms with Gasteiger partial charge in [0.2, 0.25) is 4.80 Å². The van der Waals surface area contributed by atoms with E-state index in [9.17, 15) is 9.90 Å². The minimum Gasteiger partial charge on any atom is -0.507 e. The van der Waals surface area contributed by atoms with Crippen LogP contribution in [0.2, 0.25) is 0 Å². The first-order valence-electron chi connectivity index (χ1n) is 9.79. The highest BCUT2D eigenvalue weighted by Crippen LogP contribution is 2.33. The van der Waals surface area contributed by atoms with Gasteiger partial charge in [0.1, 0.15) is 17.2 Å². The molecular weight excluding hydrogens is 416 g/mol. The maximum Gasteiger partial charge on any atom is 0.262 e. The fraction of sp³-hybridized carbons (Fsp3) is 0.227. The molecule has 1 amide bonds. The Morgan fingerprint density at radius 1 is 1.32 bits per heavy atom. The molecular formula is C22H22N4O4S. The van der Waals surface area contributed by atoms with E-state index in [1.54, 1.807) is 36.1 Å². The number of aromatic hydroxyl groups is 1. The van der Waals surface area contributed by atoms with Crippen molar-refractivity contribution in [2.45, 2.75) is 13.3 Å². The molecule has 1 aliphatic heterocycles. The molecule has 1 aromatic heterocycles. The number of anilines is 1. The van der Waals surface area contributed by atoms with Gasteiger partial charge in [0.25, 0.3) is 5.91 Å². The molecule has 0 bridgehead atoms. The van der Waals surface area contributed by atoms with Gasteiger partial charge in [0.15, 0.2) is 6.61 Å². The van der Waals surface area contributed by atoms with Crippen LogP contribution in [0.4, 0.5) is 5.69 Å². The summed E-state index contributed by atoms with van der Waals surface area (Å²) in [5.41, 5.74) is 2.82. The minimum atomic E-state index is -0.188. The number of ether oxygens (including phenoxy) is 2. The Hall–Kier alpha value is -3.59. The lowest BCUT2D eigenvalue weighted by atomic mass is 10.1. The van der Waals surface area contributed by atoms with Crippen LogP contribution in [-0.2, 0) is 4.79 Å². The maximum absolute atomic E-state index is 11.7. The Kier molecular flexibility index (Phi) is 6.03. The van der Waals surface area contributed by atoms with E-state index in [1.807, 2.05) is 30.5 Å². The smallest absolute Gasteiger partial charge is 0.262 e. The number of carbonyl (C=O) groups is 1. The molecule has 8 nitrogen and oxygen atoms in total. The second-order valence-electron chi connectivity index (χ2n) is 6.80. The van der Waals surface area contributed by atoms with Gasteiger partial charge in [-0.2, -0.15) is 5.10 Å². The number of aromatic nitrogens is 1. The van der Waals surface area contributed by atoms with Crippen molar-refractivity contribution in [3.63, 3.8) is 0 Å². The Bertz CT molecular complexity index is 1210. The molecule has 0 saturated carbocycles. The van der Waals surface area contributed by atoms with E-state index in [4.69, 9.17) is 9.47 Å². The van der Waals surface area contributed by atoms with Gasteiger partial charge in [-0.3, -0.25) is 9.79 Å². The molecule has 0 atom stereocenters. The summed E-state index contributed by atoms with van der Waals surface area (Å²) in [4.78, 5) is 16.6. The monoisotopic (exact) mass is 438 g/mol. The third-order valence-corrected chi connectivity index (χ3v) is 5.48. The van der Waals surface area contributed by atoms with Crippen molar-refractivity contribution in [2.75, 3.05) is 25.6 Å². The molecule has 0 fully saturated rings. The van der Waals surface area contributed by atoms with Gasteiger partial charge >= 0.3 is 0 Å². The average molecular weight is 439 g/mol. The number of nitrogens with zero attached hydrogens (tertiary/aromatic N) is 3. The molecule has 31 heavy (non-hydrogen) atoms. The van der Waals surface area contributed by atoms with E-state index in [1.165, 1.54) is 11.3 Å². The predicted molar refractivity (Wildman–Crippen MR) is 120 cm³/mol. The van der Waals surface area contributed by atoms with E-state index < -0.39 is 0 Å². The predicted octanol–water partition coefficient (Wildman–Crippen LogP) is 3.45. The number of phenols is 1. The topological polar surface area (TPSA) is 97.4 Å². The zero-order valence-electron chi connectivity index (χ0n) is 17.2. The van der Waals surface area contributed by atoms with Gasteiger partial charge in [0, 0.05) is 29.6 Å². The van der Waals surface area contributed by atoms with Crippen LogP contribution in [0.25, 0.3) is 11.3 Å².